The van der Waals surface area contributed by atoms with Gasteiger partial charge in [0, 0.05) is 6.61 Å². The first-order valence-electron chi connectivity index (χ1n) is 6.24. The van der Waals surface area contributed by atoms with Crippen LogP contribution in [0, 0.1) is 0 Å². The summed E-state index contributed by atoms with van der Waals surface area (Å²) in [5, 5.41) is 10.1. The summed E-state index contributed by atoms with van der Waals surface area (Å²) in [7, 11) is 0. The Morgan fingerprint density at radius 3 is 2.83 bits per heavy atom. The molecule has 6 nitrogen and oxygen atoms in total. The third-order valence-corrected chi connectivity index (χ3v) is 3.48. The van der Waals surface area contributed by atoms with Gasteiger partial charge in [0.05, 0.1) is 17.7 Å². The molecule has 0 bridgehead atoms. The molecule has 2 N–H and O–H groups in total. The van der Waals surface area contributed by atoms with Gasteiger partial charge in [-0.1, -0.05) is 6.92 Å². The molecule has 1 aliphatic heterocycles. The molecule has 0 aliphatic carbocycles. The van der Waals surface area contributed by atoms with Crippen molar-refractivity contribution < 1.29 is 9.84 Å². The van der Waals surface area contributed by atoms with Gasteiger partial charge in [-0.15, -0.1) is 0 Å². The zero-order valence-corrected chi connectivity index (χ0v) is 10.6. The van der Waals surface area contributed by atoms with E-state index in [1.807, 2.05) is 6.92 Å². The lowest BCUT2D eigenvalue weighted by Crippen LogP contribution is -2.37. The molecule has 18 heavy (non-hydrogen) atoms. The summed E-state index contributed by atoms with van der Waals surface area (Å²) in [6, 6.07) is -0.290. The summed E-state index contributed by atoms with van der Waals surface area (Å²) in [5.74, 6) is -0.241. The van der Waals surface area contributed by atoms with Gasteiger partial charge in [0.25, 0.3) is 5.56 Å². The van der Waals surface area contributed by atoms with Gasteiger partial charge in [0.1, 0.15) is 0 Å². The molecule has 6 heteroatoms. The summed E-state index contributed by atoms with van der Waals surface area (Å²) >= 11 is 0. The topological polar surface area (TPSA) is 84.3 Å². The van der Waals surface area contributed by atoms with E-state index in [9.17, 15) is 14.7 Å². The molecule has 1 aromatic rings. The largest absolute Gasteiger partial charge is 0.494 e. The van der Waals surface area contributed by atoms with Crippen molar-refractivity contribution in [3.05, 3.63) is 26.4 Å². The van der Waals surface area contributed by atoms with E-state index in [4.69, 9.17) is 4.74 Å². The van der Waals surface area contributed by atoms with Gasteiger partial charge in [-0.2, -0.15) is 0 Å². The van der Waals surface area contributed by atoms with Gasteiger partial charge in [-0.05, 0) is 26.2 Å². The van der Waals surface area contributed by atoms with Crippen molar-refractivity contribution in [2.45, 2.75) is 45.3 Å². The van der Waals surface area contributed by atoms with E-state index < -0.39 is 11.2 Å². The molecule has 0 radical (unpaired) electrons. The van der Waals surface area contributed by atoms with E-state index in [1.165, 1.54) is 4.57 Å². The van der Waals surface area contributed by atoms with E-state index in [1.54, 1.807) is 6.92 Å². The second-order valence-electron chi connectivity index (χ2n) is 4.58. The van der Waals surface area contributed by atoms with Crippen LogP contribution in [0.1, 0.15) is 38.3 Å². The number of aromatic amines is 1. The highest BCUT2D eigenvalue weighted by Crippen LogP contribution is 2.26. The van der Waals surface area contributed by atoms with Crippen molar-refractivity contribution in [2.24, 2.45) is 0 Å². The normalized spacial score (nSPS) is 21.1. The van der Waals surface area contributed by atoms with E-state index in [0.717, 1.165) is 12.8 Å². The number of nitrogens with one attached hydrogen (secondary N) is 1. The minimum Gasteiger partial charge on any atom is -0.494 e. The van der Waals surface area contributed by atoms with Crippen LogP contribution in [0.3, 0.4) is 0 Å². The van der Waals surface area contributed by atoms with Crippen molar-refractivity contribution in [3.8, 4) is 5.88 Å². The van der Waals surface area contributed by atoms with Crippen LogP contribution in [0.2, 0.25) is 0 Å². The molecular weight excluding hydrogens is 236 g/mol. The Balaban J connectivity index is 2.49. The van der Waals surface area contributed by atoms with Crippen LogP contribution >= 0.6 is 0 Å². The summed E-state index contributed by atoms with van der Waals surface area (Å²) in [6.07, 6.45) is 2.09. The van der Waals surface area contributed by atoms with E-state index in [2.05, 4.69) is 4.98 Å². The molecule has 1 aliphatic rings. The fraction of sp³-hybridized carbons (Fsp3) is 0.667. The van der Waals surface area contributed by atoms with Crippen LogP contribution in [0.25, 0.3) is 0 Å². The predicted molar refractivity (Wildman–Crippen MR) is 66.1 cm³/mol. The Labute approximate surface area is 104 Å². The molecule has 100 valence electrons. The number of ether oxygens (including phenoxy) is 1. The SMILES string of the molecule is CCc1c(O)n(C(C)C2CCCO2)c(=O)[nH]c1=O. The third kappa shape index (κ3) is 2.08. The van der Waals surface area contributed by atoms with Crippen molar-refractivity contribution in [3.63, 3.8) is 0 Å². The number of H-pyrrole nitrogens is 1. The number of rotatable bonds is 3. The summed E-state index contributed by atoms with van der Waals surface area (Å²) in [4.78, 5) is 25.6. The molecule has 0 amide bonds. The molecule has 0 spiro atoms. The molecule has 0 saturated carbocycles. The van der Waals surface area contributed by atoms with Crippen LogP contribution < -0.4 is 11.2 Å². The van der Waals surface area contributed by atoms with Crippen molar-refractivity contribution >= 4 is 0 Å². The molecule has 1 fully saturated rings. The zero-order chi connectivity index (χ0) is 13.3. The Bertz CT molecular complexity index is 540. The standard InChI is InChI=1S/C12H18N2O4/c1-3-8-10(15)13-12(17)14(11(8)16)7(2)9-5-4-6-18-9/h7,9,16H,3-6H2,1-2H3,(H,13,15,17). The summed E-state index contributed by atoms with van der Waals surface area (Å²) in [6.45, 7) is 4.25. The molecule has 2 rings (SSSR count). The zero-order valence-electron chi connectivity index (χ0n) is 10.6. The van der Waals surface area contributed by atoms with Crippen molar-refractivity contribution in [2.75, 3.05) is 6.61 Å². The highest BCUT2D eigenvalue weighted by atomic mass is 16.5. The minimum atomic E-state index is -0.585. The lowest BCUT2D eigenvalue weighted by molar-refractivity contribution is 0.0685. The average Bonchev–Trinajstić information content (AvgIpc) is 2.81. The van der Waals surface area contributed by atoms with Crippen LogP contribution in [-0.2, 0) is 11.2 Å². The smallest absolute Gasteiger partial charge is 0.331 e. The highest BCUT2D eigenvalue weighted by molar-refractivity contribution is 5.23. The number of hydrogen-bond donors (Lipinski definition) is 2. The van der Waals surface area contributed by atoms with Crippen LogP contribution in [0.15, 0.2) is 9.59 Å². The van der Waals surface area contributed by atoms with Gasteiger partial charge < -0.3 is 9.84 Å². The first-order chi connectivity index (χ1) is 8.56. The molecule has 1 saturated heterocycles. The second kappa shape index (κ2) is 4.97. The lowest BCUT2D eigenvalue weighted by atomic mass is 10.1. The Morgan fingerprint density at radius 1 is 1.56 bits per heavy atom. The van der Waals surface area contributed by atoms with Crippen molar-refractivity contribution in [1.82, 2.24) is 9.55 Å². The van der Waals surface area contributed by atoms with Gasteiger partial charge in [-0.25, -0.2) is 4.79 Å². The Kier molecular flexibility index (Phi) is 3.56. The van der Waals surface area contributed by atoms with Crippen molar-refractivity contribution in [1.29, 1.82) is 0 Å². The molecule has 2 atom stereocenters. The maximum Gasteiger partial charge on any atom is 0.331 e. The molecule has 1 aromatic heterocycles. The van der Waals surface area contributed by atoms with Crippen LogP contribution in [0.4, 0.5) is 0 Å². The molecule has 0 aromatic carbocycles. The molecule has 2 heterocycles. The number of nitrogens with zero attached hydrogens (tertiary/aromatic N) is 1. The van der Waals surface area contributed by atoms with Gasteiger partial charge in [0.15, 0.2) is 0 Å². The van der Waals surface area contributed by atoms with E-state index >= 15 is 0 Å². The first kappa shape index (κ1) is 12.9. The monoisotopic (exact) mass is 254 g/mol. The Morgan fingerprint density at radius 2 is 2.28 bits per heavy atom. The predicted octanol–water partition coefficient (Wildman–Crippen LogP) is 0.545. The summed E-state index contributed by atoms with van der Waals surface area (Å²) in [5.41, 5.74) is -0.868. The number of aromatic hydroxyl groups is 1. The summed E-state index contributed by atoms with van der Waals surface area (Å²) < 4.78 is 6.74. The van der Waals surface area contributed by atoms with Gasteiger partial charge in [-0.3, -0.25) is 14.3 Å². The second-order valence-corrected chi connectivity index (χ2v) is 4.58. The lowest BCUT2D eigenvalue weighted by Gasteiger charge is -2.22. The van der Waals surface area contributed by atoms with Crippen LogP contribution in [0.5, 0.6) is 5.88 Å². The maximum atomic E-state index is 11.8. The quantitative estimate of drug-likeness (QED) is 0.824. The number of aromatic nitrogens is 2. The average molecular weight is 254 g/mol. The van der Waals surface area contributed by atoms with Gasteiger partial charge in [0.2, 0.25) is 5.88 Å². The minimum absolute atomic E-state index is 0.0933. The fourth-order valence-corrected chi connectivity index (χ4v) is 2.42. The third-order valence-electron chi connectivity index (χ3n) is 3.48. The first-order valence-corrected chi connectivity index (χ1v) is 6.24. The van der Waals surface area contributed by atoms with Gasteiger partial charge >= 0.3 is 5.69 Å². The van der Waals surface area contributed by atoms with Crippen LogP contribution in [-0.4, -0.2) is 27.4 Å². The highest BCUT2D eigenvalue weighted by Gasteiger charge is 2.27. The molecular formula is C12H18N2O4. The fourth-order valence-electron chi connectivity index (χ4n) is 2.42. The number of hydrogen-bond acceptors (Lipinski definition) is 4. The van der Waals surface area contributed by atoms with E-state index in [0.29, 0.717) is 13.0 Å². The Hall–Kier alpha value is -1.56. The maximum absolute atomic E-state index is 11.8. The van der Waals surface area contributed by atoms with E-state index in [-0.39, 0.29) is 23.6 Å². The molecule has 2 unspecified atom stereocenters.